The Morgan fingerprint density at radius 1 is 1.06 bits per heavy atom. The van der Waals surface area contributed by atoms with Crippen LogP contribution in [0.5, 0.6) is 0 Å². The van der Waals surface area contributed by atoms with E-state index in [1.807, 2.05) is 0 Å². The summed E-state index contributed by atoms with van der Waals surface area (Å²) < 4.78 is 0. The Hall–Kier alpha value is -0.530. The summed E-state index contributed by atoms with van der Waals surface area (Å²) in [4.78, 5) is 0. The maximum absolute atomic E-state index is 4.16. The van der Waals surface area contributed by atoms with Gasteiger partial charge in [-0.05, 0) is 42.6 Å². The molecule has 2 bridgehead atoms. The molecule has 1 aromatic carbocycles. The number of halogens is 1. The van der Waals surface area contributed by atoms with E-state index in [1.54, 1.807) is 5.56 Å². The van der Waals surface area contributed by atoms with Gasteiger partial charge in [0, 0.05) is 5.92 Å². The zero-order valence-corrected chi connectivity index (χ0v) is 10.4. The molecule has 0 saturated heterocycles. The molecule has 2 saturated carbocycles. The lowest BCUT2D eigenvalue weighted by atomic mass is 9.75. The molecule has 2 heteroatoms. The van der Waals surface area contributed by atoms with Crippen LogP contribution in [0.15, 0.2) is 30.3 Å². The third kappa shape index (κ3) is 1.76. The van der Waals surface area contributed by atoms with Gasteiger partial charge in [0.05, 0.1) is 6.54 Å². The Labute approximate surface area is 104 Å². The minimum absolute atomic E-state index is 0. The predicted molar refractivity (Wildman–Crippen MR) is 61.3 cm³/mol. The molecule has 1 nitrogen and oxygen atoms in total. The number of hydrogen-bond acceptors (Lipinski definition) is 0. The first-order valence-electron chi connectivity index (χ1n) is 6.24. The van der Waals surface area contributed by atoms with Crippen LogP contribution in [0.2, 0.25) is 0 Å². The van der Waals surface area contributed by atoms with Crippen LogP contribution in [0.1, 0.15) is 30.7 Å². The number of quaternary nitrogens is 1. The van der Waals surface area contributed by atoms with Crippen molar-refractivity contribution in [3.05, 3.63) is 35.9 Å². The van der Waals surface area contributed by atoms with E-state index in [-0.39, 0.29) is 12.4 Å². The first kappa shape index (κ1) is 11.9. The van der Waals surface area contributed by atoms with Crippen LogP contribution in [0, 0.1) is 17.8 Å². The Balaban J connectivity index is 0.000000963. The molecule has 3 N–H and O–H groups in total. The first-order chi connectivity index (χ1) is 7.40. The van der Waals surface area contributed by atoms with Gasteiger partial charge in [-0.1, -0.05) is 30.3 Å². The van der Waals surface area contributed by atoms with E-state index >= 15 is 0 Å². The molecular formula is C14H20ClN. The van der Waals surface area contributed by atoms with E-state index in [1.165, 1.54) is 19.3 Å². The van der Waals surface area contributed by atoms with E-state index in [0.29, 0.717) is 0 Å². The maximum atomic E-state index is 4.16. The Bertz CT molecular complexity index is 338. The molecule has 0 heterocycles. The summed E-state index contributed by atoms with van der Waals surface area (Å²) in [5, 5.41) is 0. The van der Waals surface area contributed by atoms with Gasteiger partial charge >= 0.3 is 0 Å². The van der Waals surface area contributed by atoms with Gasteiger partial charge in [-0.25, -0.2) is 0 Å². The maximum Gasteiger partial charge on any atom is 0.0777 e. The molecule has 1 aromatic rings. The quantitative estimate of drug-likeness (QED) is 0.688. The monoisotopic (exact) mass is 237 g/mol. The summed E-state index contributed by atoms with van der Waals surface area (Å²) in [6.07, 6.45) is 4.40. The number of fused-ring (bicyclic) bond motifs is 2. The van der Waals surface area contributed by atoms with Crippen molar-refractivity contribution in [3.8, 4) is 0 Å². The van der Waals surface area contributed by atoms with E-state index in [0.717, 1.165) is 30.2 Å². The Morgan fingerprint density at radius 2 is 1.75 bits per heavy atom. The van der Waals surface area contributed by atoms with Crippen LogP contribution < -0.4 is 18.1 Å². The Morgan fingerprint density at radius 3 is 2.44 bits per heavy atom. The molecule has 2 aliphatic rings. The van der Waals surface area contributed by atoms with Gasteiger partial charge in [0.15, 0.2) is 0 Å². The Kier molecular flexibility index (Phi) is 3.56. The van der Waals surface area contributed by atoms with Gasteiger partial charge in [0.2, 0.25) is 0 Å². The highest BCUT2D eigenvalue weighted by Crippen LogP contribution is 2.55. The van der Waals surface area contributed by atoms with E-state index < -0.39 is 0 Å². The zero-order valence-electron chi connectivity index (χ0n) is 9.61. The SMILES string of the molecule is [Cl-].[NH3+]C[C@H]1[C@@H]2CC[C@@H](C2)[C@H]1c1ccccc1. The summed E-state index contributed by atoms with van der Waals surface area (Å²) in [7, 11) is 0. The van der Waals surface area contributed by atoms with Crippen molar-refractivity contribution in [1.29, 1.82) is 0 Å². The molecule has 4 atom stereocenters. The summed E-state index contributed by atoms with van der Waals surface area (Å²) in [5.41, 5.74) is 5.73. The third-order valence-electron chi connectivity index (χ3n) is 4.61. The van der Waals surface area contributed by atoms with Crippen molar-refractivity contribution >= 4 is 0 Å². The lowest BCUT2D eigenvalue weighted by molar-refractivity contribution is -0.382. The zero-order chi connectivity index (χ0) is 10.3. The molecule has 16 heavy (non-hydrogen) atoms. The molecule has 0 spiro atoms. The fraction of sp³-hybridized carbons (Fsp3) is 0.571. The average molecular weight is 238 g/mol. The highest BCUT2D eigenvalue weighted by molar-refractivity contribution is 5.24. The highest BCUT2D eigenvalue weighted by Gasteiger charge is 2.48. The van der Waals surface area contributed by atoms with Crippen LogP contribution >= 0.6 is 0 Å². The first-order valence-corrected chi connectivity index (χ1v) is 6.24. The van der Waals surface area contributed by atoms with E-state index in [4.69, 9.17) is 0 Å². The smallest absolute Gasteiger partial charge is 0.0777 e. The van der Waals surface area contributed by atoms with Crippen LogP contribution in [0.25, 0.3) is 0 Å². The van der Waals surface area contributed by atoms with Crippen LogP contribution in [0.3, 0.4) is 0 Å². The fourth-order valence-corrected chi connectivity index (χ4v) is 4.02. The standard InChI is InChI=1S/C14H19N.ClH/c15-9-13-11-6-7-12(8-11)14(13)10-4-2-1-3-5-10;/h1-5,11-14H,6-9,15H2;1H/t11-,12+,13+,14-;/m1./s1. The predicted octanol–water partition coefficient (Wildman–Crippen LogP) is -0.938. The minimum atomic E-state index is 0. The van der Waals surface area contributed by atoms with Gasteiger partial charge in [0.1, 0.15) is 0 Å². The van der Waals surface area contributed by atoms with Crippen molar-refractivity contribution in [2.45, 2.75) is 25.2 Å². The molecule has 0 amide bonds. The van der Waals surface area contributed by atoms with Gasteiger partial charge in [-0.2, -0.15) is 0 Å². The topological polar surface area (TPSA) is 27.6 Å². The number of benzene rings is 1. The van der Waals surface area contributed by atoms with Crippen LogP contribution in [-0.2, 0) is 0 Å². The van der Waals surface area contributed by atoms with Crippen LogP contribution in [0.4, 0.5) is 0 Å². The van der Waals surface area contributed by atoms with Crippen molar-refractivity contribution in [2.75, 3.05) is 6.54 Å². The highest BCUT2D eigenvalue weighted by atomic mass is 35.5. The van der Waals surface area contributed by atoms with Crippen molar-refractivity contribution in [2.24, 2.45) is 17.8 Å². The van der Waals surface area contributed by atoms with E-state index in [9.17, 15) is 0 Å². The van der Waals surface area contributed by atoms with E-state index in [2.05, 4.69) is 36.1 Å². The third-order valence-corrected chi connectivity index (χ3v) is 4.61. The van der Waals surface area contributed by atoms with Crippen molar-refractivity contribution in [3.63, 3.8) is 0 Å². The molecule has 0 aromatic heterocycles. The van der Waals surface area contributed by atoms with Crippen molar-refractivity contribution in [1.82, 2.24) is 0 Å². The normalized spacial score (nSPS) is 36.1. The molecule has 0 aliphatic heterocycles. The van der Waals surface area contributed by atoms with Gasteiger partial charge < -0.3 is 18.1 Å². The fourth-order valence-electron chi connectivity index (χ4n) is 4.02. The molecule has 2 aliphatic carbocycles. The molecule has 3 rings (SSSR count). The summed E-state index contributed by atoms with van der Waals surface area (Å²) in [5.74, 6) is 3.63. The van der Waals surface area contributed by atoms with Crippen molar-refractivity contribution < 1.29 is 18.1 Å². The lowest BCUT2D eigenvalue weighted by Gasteiger charge is -2.29. The van der Waals surface area contributed by atoms with Gasteiger partial charge in [-0.15, -0.1) is 0 Å². The molecule has 0 unspecified atom stereocenters. The second-order valence-electron chi connectivity index (χ2n) is 5.22. The molecule has 88 valence electrons. The second-order valence-corrected chi connectivity index (χ2v) is 5.22. The molecular weight excluding hydrogens is 218 g/mol. The number of rotatable bonds is 2. The molecule has 2 fully saturated rings. The summed E-state index contributed by atoms with van der Waals surface area (Å²) >= 11 is 0. The summed E-state index contributed by atoms with van der Waals surface area (Å²) in [6.45, 7) is 1.13. The van der Waals surface area contributed by atoms with Crippen LogP contribution in [-0.4, -0.2) is 6.54 Å². The molecule has 0 radical (unpaired) electrons. The summed E-state index contributed by atoms with van der Waals surface area (Å²) in [6, 6.07) is 11.1. The number of hydrogen-bond donors (Lipinski definition) is 1. The van der Waals surface area contributed by atoms with Gasteiger partial charge in [-0.3, -0.25) is 0 Å². The minimum Gasteiger partial charge on any atom is -1.00 e. The second kappa shape index (κ2) is 4.77. The average Bonchev–Trinajstić information content (AvgIpc) is 2.89. The van der Waals surface area contributed by atoms with Gasteiger partial charge in [0.25, 0.3) is 0 Å². The lowest BCUT2D eigenvalue weighted by Crippen LogP contribution is -3.00. The largest absolute Gasteiger partial charge is 1.00 e.